The number of carboxylic acids is 4. The van der Waals surface area contributed by atoms with Crippen molar-refractivity contribution in [3.05, 3.63) is 0 Å². The van der Waals surface area contributed by atoms with Crippen LogP contribution in [0.15, 0.2) is 0 Å². The maximum Gasteiger partial charge on any atom is 0.359 e. The normalized spacial score (nSPS) is 13.7. The van der Waals surface area contributed by atoms with Gasteiger partial charge in [0, 0.05) is 0 Å². The first kappa shape index (κ1) is 24.1. The van der Waals surface area contributed by atoms with E-state index in [0.29, 0.717) is 0 Å². The van der Waals surface area contributed by atoms with Gasteiger partial charge in [-0.1, -0.05) is 38.5 Å². The molecule has 0 heterocycles. The maximum absolute atomic E-state index is 10.6. The zero-order chi connectivity index (χ0) is 17.9. The summed E-state index contributed by atoms with van der Waals surface area (Å²) in [6, 6.07) is 0. The lowest BCUT2D eigenvalue weighted by Crippen LogP contribution is -2.58. The third-order valence-corrected chi connectivity index (χ3v) is 3.38. The summed E-state index contributed by atoms with van der Waals surface area (Å²) >= 11 is 0. The zero-order valence-electron chi connectivity index (χ0n) is 13.6. The summed E-state index contributed by atoms with van der Waals surface area (Å²) < 4.78 is -1.07. The lowest BCUT2D eigenvalue weighted by molar-refractivity contribution is -0.900. The summed E-state index contributed by atoms with van der Waals surface area (Å²) in [6.07, 6.45) is 9.00. The van der Waals surface area contributed by atoms with Gasteiger partial charge in [0.15, 0.2) is 26.2 Å². The Bertz CT molecular complexity index is 353. The van der Waals surface area contributed by atoms with Crippen LogP contribution in [0.3, 0.4) is 0 Å². The third-order valence-electron chi connectivity index (χ3n) is 3.38. The van der Waals surface area contributed by atoms with Crippen molar-refractivity contribution in [2.45, 2.75) is 38.5 Å². The SMILES string of the molecule is C1CCCCC1.N.O=C(O)C[N+](CC(=O)O)(CC(=O)O)CC(=O)O. The summed E-state index contributed by atoms with van der Waals surface area (Å²) in [5.74, 6) is -5.86. The predicted octanol–water partition coefficient (Wildman–Crippen LogP) is 0.644. The highest BCUT2D eigenvalue weighted by molar-refractivity contribution is 5.75. The second kappa shape index (κ2) is 12.3. The molecule has 0 unspecified atom stereocenters. The van der Waals surface area contributed by atoms with E-state index in [9.17, 15) is 19.2 Å². The van der Waals surface area contributed by atoms with E-state index in [1.165, 1.54) is 38.5 Å². The molecule has 24 heavy (non-hydrogen) atoms. The predicted molar refractivity (Wildman–Crippen MR) is 83.0 cm³/mol. The highest BCUT2D eigenvalue weighted by Gasteiger charge is 2.38. The summed E-state index contributed by atoms with van der Waals surface area (Å²) in [7, 11) is 0. The van der Waals surface area contributed by atoms with E-state index >= 15 is 0 Å². The van der Waals surface area contributed by atoms with E-state index in [0.717, 1.165) is 0 Å². The number of hydrogen-bond donors (Lipinski definition) is 5. The van der Waals surface area contributed by atoms with Gasteiger partial charge < -0.3 is 26.6 Å². The smallest absolute Gasteiger partial charge is 0.359 e. The number of aliphatic carboxylic acids is 4. The van der Waals surface area contributed by atoms with Gasteiger partial charge in [0.1, 0.15) is 0 Å². The van der Waals surface area contributed by atoms with Crippen LogP contribution in [0.5, 0.6) is 0 Å². The Labute approximate surface area is 139 Å². The molecule has 0 aliphatic heterocycles. The number of carboxylic acid groups (broad SMARTS) is 4. The molecule has 1 fully saturated rings. The zero-order valence-corrected chi connectivity index (χ0v) is 13.6. The highest BCUT2D eigenvalue weighted by atomic mass is 16.4. The Balaban J connectivity index is 0. The summed E-state index contributed by atoms with van der Waals surface area (Å²) in [5, 5.41) is 34.4. The fourth-order valence-electron chi connectivity index (χ4n) is 2.54. The third kappa shape index (κ3) is 12.4. The largest absolute Gasteiger partial charge is 0.477 e. The van der Waals surface area contributed by atoms with Crippen LogP contribution >= 0.6 is 0 Å². The van der Waals surface area contributed by atoms with Crippen molar-refractivity contribution in [2.24, 2.45) is 0 Å². The Morgan fingerprint density at radius 1 is 0.542 bits per heavy atom. The van der Waals surface area contributed by atoms with E-state index in [4.69, 9.17) is 20.4 Å². The van der Waals surface area contributed by atoms with Crippen molar-refractivity contribution < 1.29 is 44.1 Å². The average molecular weight is 351 g/mol. The summed E-state index contributed by atoms with van der Waals surface area (Å²) in [4.78, 5) is 42.3. The fourth-order valence-corrected chi connectivity index (χ4v) is 2.54. The van der Waals surface area contributed by atoms with Crippen LogP contribution in [0.2, 0.25) is 0 Å². The number of hydrogen-bond acceptors (Lipinski definition) is 5. The first-order valence-electron chi connectivity index (χ1n) is 7.39. The molecular weight excluding hydrogens is 324 g/mol. The Morgan fingerprint density at radius 2 is 0.708 bits per heavy atom. The molecule has 0 radical (unpaired) electrons. The quantitative estimate of drug-likeness (QED) is 0.391. The van der Waals surface area contributed by atoms with Crippen LogP contribution in [-0.4, -0.2) is 75.0 Å². The van der Waals surface area contributed by atoms with Crippen LogP contribution < -0.4 is 6.15 Å². The molecule has 10 nitrogen and oxygen atoms in total. The fraction of sp³-hybridized carbons (Fsp3) is 0.714. The molecule has 10 heteroatoms. The monoisotopic (exact) mass is 351 g/mol. The Hall–Kier alpha value is -2.20. The molecule has 1 aliphatic carbocycles. The van der Waals surface area contributed by atoms with Crippen molar-refractivity contribution in [2.75, 3.05) is 26.2 Å². The van der Waals surface area contributed by atoms with E-state index in [1.807, 2.05) is 0 Å². The summed E-state index contributed by atoms with van der Waals surface area (Å²) in [5.41, 5.74) is 0. The van der Waals surface area contributed by atoms with E-state index in [2.05, 4.69) is 0 Å². The second-order valence-corrected chi connectivity index (χ2v) is 5.67. The van der Waals surface area contributed by atoms with Gasteiger partial charge in [-0.3, -0.25) is 4.48 Å². The van der Waals surface area contributed by atoms with Gasteiger partial charge in [-0.2, -0.15) is 0 Å². The molecule has 1 rings (SSSR count). The van der Waals surface area contributed by atoms with Gasteiger partial charge in [0.05, 0.1) is 0 Å². The molecule has 1 aliphatic rings. The maximum atomic E-state index is 10.6. The topological polar surface area (TPSA) is 184 Å². The van der Waals surface area contributed by atoms with Crippen LogP contribution in [-0.2, 0) is 19.2 Å². The molecule has 7 N–H and O–H groups in total. The van der Waals surface area contributed by atoms with Crippen molar-refractivity contribution >= 4 is 23.9 Å². The minimum Gasteiger partial charge on any atom is -0.477 e. The molecule has 0 aromatic carbocycles. The van der Waals surface area contributed by atoms with Gasteiger partial charge >= 0.3 is 23.9 Å². The number of rotatable bonds is 8. The van der Waals surface area contributed by atoms with Crippen LogP contribution in [0, 0.1) is 0 Å². The van der Waals surface area contributed by atoms with Gasteiger partial charge in [-0.05, 0) is 0 Å². The van der Waals surface area contributed by atoms with Crippen molar-refractivity contribution in [1.29, 1.82) is 0 Å². The molecule has 0 aromatic heterocycles. The summed E-state index contributed by atoms with van der Waals surface area (Å²) in [6.45, 7) is -3.54. The molecule has 0 bridgehead atoms. The number of carbonyl (C=O) groups is 4. The van der Waals surface area contributed by atoms with Crippen LogP contribution in [0.25, 0.3) is 0 Å². The van der Waals surface area contributed by atoms with E-state index in [-0.39, 0.29) is 6.15 Å². The molecule has 0 saturated heterocycles. The molecule has 1 saturated carbocycles. The highest BCUT2D eigenvalue weighted by Crippen LogP contribution is 2.15. The Kier molecular flexibility index (Phi) is 12.3. The minimum absolute atomic E-state index is 0. The standard InChI is InChI=1S/C8H11NO8.C6H12.H3N/c10-5(11)1-9(2-6(12)13,3-7(14)15)4-8(16)17;1-2-4-6-5-3-1;/h1-4H2,(H3-,10,11,12,13,14,15,16,17);1-6H2;1H3/p+1. The molecule has 0 amide bonds. The van der Waals surface area contributed by atoms with Crippen molar-refractivity contribution in [3.8, 4) is 0 Å². The average Bonchev–Trinajstić information content (AvgIpc) is 2.37. The van der Waals surface area contributed by atoms with Crippen molar-refractivity contribution in [3.63, 3.8) is 0 Å². The molecule has 0 spiro atoms. The number of quaternary nitrogens is 1. The van der Waals surface area contributed by atoms with Crippen LogP contribution in [0.4, 0.5) is 0 Å². The minimum atomic E-state index is -1.46. The second-order valence-electron chi connectivity index (χ2n) is 5.67. The van der Waals surface area contributed by atoms with Crippen LogP contribution in [0.1, 0.15) is 38.5 Å². The molecule has 0 aromatic rings. The lowest BCUT2D eigenvalue weighted by Gasteiger charge is -2.32. The molecular formula is C14H27N2O8+. The van der Waals surface area contributed by atoms with Crippen molar-refractivity contribution in [1.82, 2.24) is 6.15 Å². The molecule has 0 atom stereocenters. The van der Waals surface area contributed by atoms with Gasteiger partial charge in [0.2, 0.25) is 0 Å². The number of nitrogens with zero attached hydrogens (tertiary/aromatic N) is 1. The molecule has 140 valence electrons. The first-order valence-corrected chi connectivity index (χ1v) is 7.39. The van der Waals surface area contributed by atoms with Gasteiger partial charge in [-0.15, -0.1) is 0 Å². The first-order chi connectivity index (χ1) is 10.7. The Morgan fingerprint density at radius 3 is 0.833 bits per heavy atom. The van der Waals surface area contributed by atoms with Gasteiger partial charge in [0.25, 0.3) is 0 Å². The van der Waals surface area contributed by atoms with Gasteiger partial charge in [-0.25, -0.2) is 19.2 Å². The van der Waals surface area contributed by atoms with E-state index < -0.39 is 54.5 Å². The lowest BCUT2D eigenvalue weighted by atomic mass is 10.0. The van der Waals surface area contributed by atoms with E-state index in [1.54, 1.807) is 0 Å².